The van der Waals surface area contributed by atoms with E-state index in [4.69, 9.17) is 10.00 Å². The molecule has 1 aliphatic heterocycles. The van der Waals surface area contributed by atoms with Gasteiger partial charge in [-0.25, -0.2) is 9.97 Å². The summed E-state index contributed by atoms with van der Waals surface area (Å²) in [6.07, 6.45) is 6.59. The molecule has 2 aromatic rings. The molecule has 1 aliphatic rings. The zero-order valence-corrected chi connectivity index (χ0v) is 11.7. The average molecular weight is 295 g/mol. The lowest BCUT2D eigenvalue weighted by Crippen LogP contribution is -2.31. The summed E-state index contributed by atoms with van der Waals surface area (Å²) in [5, 5.41) is 8.98. The Labute approximate surface area is 127 Å². The van der Waals surface area contributed by atoms with Crippen LogP contribution in [-0.2, 0) is 0 Å². The van der Waals surface area contributed by atoms with Gasteiger partial charge in [0.25, 0.3) is 11.8 Å². The molecule has 0 saturated carbocycles. The summed E-state index contributed by atoms with van der Waals surface area (Å²) in [6.45, 7) is 1.05. The van der Waals surface area contributed by atoms with Gasteiger partial charge in [0, 0.05) is 37.8 Å². The molecule has 2 aromatic heterocycles. The number of nitriles is 1. The Kier molecular flexibility index (Phi) is 3.92. The van der Waals surface area contributed by atoms with Gasteiger partial charge in [0.1, 0.15) is 12.2 Å². The second-order valence-electron chi connectivity index (χ2n) is 4.84. The van der Waals surface area contributed by atoms with Crippen molar-refractivity contribution in [3.8, 4) is 11.9 Å². The van der Waals surface area contributed by atoms with Crippen molar-refractivity contribution in [3.05, 3.63) is 48.2 Å². The summed E-state index contributed by atoms with van der Waals surface area (Å²) < 4.78 is 5.71. The molecule has 0 radical (unpaired) electrons. The number of rotatable bonds is 3. The Balaban J connectivity index is 1.66. The minimum Gasteiger partial charge on any atom is -0.470 e. The smallest absolute Gasteiger partial charge is 0.255 e. The average Bonchev–Trinajstić information content (AvgIpc) is 3.04. The van der Waals surface area contributed by atoms with Crippen molar-refractivity contribution in [2.45, 2.75) is 12.5 Å². The predicted molar refractivity (Wildman–Crippen MR) is 75.9 cm³/mol. The van der Waals surface area contributed by atoms with Gasteiger partial charge >= 0.3 is 0 Å². The first kappa shape index (κ1) is 13.9. The number of pyridine rings is 1. The van der Waals surface area contributed by atoms with Crippen LogP contribution in [0.5, 0.6) is 5.88 Å². The third-order valence-electron chi connectivity index (χ3n) is 3.39. The molecule has 0 aromatic carbocycles. The van der Waals surface area contributed by atoms with Crippen molar-refractivity contribution in [1.29, 1.82) is 5.26 Å². The molecule has 3 rings (SSSR count). The van der Waals surface area contributed by atoms with Gasteiger partial charge in [-0.2, -0.15) is 5.26 Å². The minimum atomic E-state index is -0.190. The summed E-state index contributed by atoms with van der Waals surface area (Å²) in [5.41, 5.74) is 0.708. The van der Waals surface area contributed by atoms with Gasteiger partial charge < -0.3 is 9.64 Å². The van der Waals surface area contributed by atoms with Crippen LogP contribution in [0.15, 0.2) is 36.9 Å². The van der Waals surface area contributed by atoms with Gasteiger partial charge in [0.05, 0.1) is 12.1 Å². The lowest BCUT2D eigenvalue weighted by Gasteiger charge is -2.16. The molecular weight excluding hydrogens is 282 g/mol. The Bertz CT molecular complexity index is 713. The zero-order valence-electron chi connectivity index (χ0n) is 11.7. The third-order valence-corrected chi connectivity index (χ3v) is 3.39. The number of aromatic nitrogens is 3. The lowest BCUT2D eigenvalue weighted by atomic mass is 10.2. The van der Waals surface area contributed by atoms with E-state index in [0.29, 0.717) is 25.1 Å². The van der Waals surface area contributed by atoms with Gasteiger partial charge in [-0.05, 0) is 12.1 Å². The van der Waals surface area contributed by atoms with Crippen LogP contribution in [0.25, 0.3) is 0 Å². The van der Waals surface area contributed by atoms with Crippen molar-refractivity contribution < 1.29 is 9.53 Å². The van der Waals surface area contributed by atoms with E-state index < -0.39 is 0 Å². The first-order chi connectivity index (χ1) is 10.8. The maximum atomic E-state index is 12.3. The van der Waals surface area contributed by atoms with Crippen molar-refractivity contribution in [2.24, 2.45) is 0 Å². The van der Waals surface area contributed by atoms with E-state index in [-0.39, 0.29) is 23.6 Å². The summed E-state index contributed by atoms with van der Waals surface area (Å²) in [7, 11) is 0. The molecule has 1 unspecified atom stereocenters. The molecule has 0 N–H and O–H groups in total. The van der Waals surface area contributed by atoms with Crippen LogP contribution in [0.1, 0.15) is 22.5 Å². The third kappa shape index (κ3) is 2.86. The van der Waals surface area contributed by atoms with Crippen molar-refractivity contribution in [3.63, 3.8) is 0 Å². The van der Waals surface area contributed by atoms with Crippen molar-refractivity contribution in [2.75, 3.05) is 13.1 Å². The normalized spacial score (nSPS) is 17.0. The minimum absolute atomic E-state index is 0.0705. The van der Waals surface area contributed by atoms with Crippen molar-refractivity contribution in [1.82, 2.24) is 19.9 Å². The quantitative estimate of drug-likeness (QED) is 0.840. The van der Waals surface area contributed by atoms with E-state index in [0.717, 1.165) is 0 Å². The number of likely N-dealkylation sites (tertiary alicyclic amines) is 1. The van der Waals surface area contributed by atoms with Crippen LogP contribution < -0.4 is 4.74 Å². The number of hydrogen-bond acceptors (Lipinski definition) is 6. The van der Waals surface area contributed by atoms with Gasteiger partial charge in [-0.3, -0.25) is 9.78 Å². The van der Waals surface area contributed by atoms with E-state index in [1.54, 1.807) is 29.4 Å². The zero-order chi connectivity index (χ0) is 15.4. The largest absolute Gasteiger partial charge is 0.470 e. The first-order valence-corrected chi connectivity index (χ1v) is 6.85. The standard InChI is InChI=1S/C15H13N5O2/c16-8-13-14(19-6-5-18-13)22-12-3-7-20(10-12)15(21)11-2-1-4-17-9-11/h1-2,4-6,9,12H,3,7,10H2. The number of ether oxygens (including phenoxy) is 1. The number of carbonyl (C=O) groups is 1. The summed E-state index contributed by atoms with van der Waals surface area (Å²) in [5.74, 6) is 0.143. The molecule has 3 heterocycles. The highest BCUT2D eigenvalue weighted by molar-refractivity contribution is 5.94. The molecule has 1 atom stereocenters. The van der Waals surface area contributed by atoms with Crippen molar-refractivity contribution >= 4 is 5.91 Å². The van der Waals surface area contributed by atoms with E-state index in [2.05, 4.69) is 15.0 Å². The van der Waals surface area contributed by atoms with Gasteiger partial charge in [0.2, 0.25) is 5.69 Å². The lowest BCUT2D eigenvalue weighted by molar-refractivity contribution is 0.0770. The van der Waals surface area contributed by atoms with Crippen LogP contribution in [0.4, 0.5) is 0 Å². The Morgan fingerprint density at radius 2 is 2.23 bits per heavy atom. The highest BCUT2D eigenvalue weighted by Gasteiger charge is 2.29. The molecule has 1 amide bonds. The molecule has 22 heavy (non-hydrogen) atoms. The molecule has 1 saturated heterocycles. The summed E-state index contributed by atoms with van der Waals surface area (Å²) in [4.78, 5) is 25.9. The van der Waals surface area contributed by atoms with Crippen LogP contribution in [0.3, 0.4) is 0 Å². The SMILES string of the molecule is N#Cc1nccnc1OC1CCN(C(=O)c2cccnc2)C1. The molecule has 7 heteroatoms. The molecule has 0 bridgehead atoms. The number of carbonyl (C=O) groups excluding carboxylic acids is 1. The molecule has 1 fully saturated rings. The van der Waals surface area contributed by atoms with Gasteiger partial charge in [0.15, 0.2) is 0 Å². The highest BCUT2D eigenvalue weighted by Crippen LogP contribution is 2.19. The fourth-order valence-electron chi connectivity index (χ4n) is 2.33. The van der Waals surface area contributed by atoms with Crippen LogP contribution >= 0.6 is 0 Å². The summed E-state index contributed by atoms with van der Waals surface area (Å²) in [6, 6.07) is 5.41. The van der Waals surface area contributed by atoms with Gasteiger partial charge in [-0.1, -0.05) is 0 Å². The second kappa shape index (κ2) is 6.18. The van der Waals surface area contributed by atoms with E-state index >= 15 is 0 Å². The first-order valence-electron chi connectivity index (χ1n) is 6.85. The van der Waals surface area contributed by atoms with E-state index in [1.807, 2.05) is 6.07 Å². The second-order valence-corrected chi connectivity index (χ2v) is 4.84. The predicted octanol–water partition coefficient (Wildman–Crippen LogP) is 1.04. The van der Waals surface area contributed by atoms with Crippen LogP contribution in [-0.4, -0.2) is 45.0 Å². The molecule has 7 nitrogen and oxygen atoms in total. The molecule has 110 valence electrons. The summed E-state index contributed by atoms with van der Waals surface area (Å²) >= 11 is 0. The fraction of sp³-hybridized carbons (Fsp3) is 0.267. The maximum absolute atomic E-state index is 12.3. The number of amides is 1. The Hall–Kier alpha value is -3.01. The molecule has 0 aliphatic carbocycles. The number of nitrogens with zero attached hydrogens (tertiary/aromatic N) is 5. The van der Waals surface area contributed by atoms with Gasteiger partial charge in [-0.15, -0.1) is 0 Å². The Morgan fingerprint density at radius 3 is 3.00 bits per heavy atom. The monoisotopic (exact) mass is 295 g/mol. The molecular formula is C15H13N5O2. The maximum Gasteiger partial charge on any atom is 0.255 e. The number of hydrogen-bond donors (Lipinski definition) is 0. The van der Waals surface area contributed by atoms with Crippen LogP contribution in [0, 0.1) is 11.3 Å². The fourth-order valence-corrected chi connectivity index (χ4v) is 2.33. The highest BCUT2D eigenvalue weighted by atomic mass is 16.5. The Morgan fingerprint density at radius 1 is 1.36 bits per heavy atom. The van der Waals surface area contributed by atoms with E-state index in [1.165, 1.54) is 12.4 Å². The topological polar surface area (TPSA) is 92.0 Å². The van der Waals surface area contributed by atoms with Crippen LogP contribution in [0.2, 0.25) is 0 Å². The molecule has 0 spiro atoms. The van der Waals surface area contributed by atoms with E-state index in [9.17, 15) is 4.79 Å².